The second kappa shape index (κ2) is 8.76. The highest BCUT2D eigenvalue weighted by atomic mass is 35.5. The molecular weight excluding hydrogens is 339 g/mol. The van der Waals surface area contributed by atoms with Gasteiger partial charge in [0, 0.05) is 29.8 Å². The first-order chi connectivity index (χ1) is 11.1. The number of nitrogens with one attached hydrogen (secondary N) is 2. The normalized spacial score (nSPS) is 10.4. The van der Waals surface area contributed by atoms with E-state index in [0.29, 0.717) is 17.9 Å². The van der Waals surface area contributed by atoms with E-state index in [0.717, 1.165) is 11.4 Å². The number of ether oxygens (including phenoxy) is 1. The molecule has 4 nitrogen and oxygen atoms in total. The van der Waals surface area contributed by atoms with Crippen LogP contribution in [0.1, 0.15) is 10.4 Å². The lowest BCUT2D eigenvalue weighted by Crippen LogP contribution is -2.12. The summed E-state index contributed by atoms with van der Waals surface area (Å²) in [5.74, 6) is -0.0248. The molecule has 0 aliphatic heterocycles. The van der Waals surface area contributed by atoms with Gasteiger partial charge in [-0.1, -0.05) is 29.6 Å². The van der Waals surface area contributed by atoms with E-state index in [4.69, 9.17) is 16.3 Å². The van der Waals surface area contributed by atoms with E-state index in [9.17, 15) is 9.18 Å². The summed E-state index contributed by atoms with van der Waals surface area (Å²) in [6, 6.07) is 11.1. The fourth-order valence-corrected chi connectivity index (χ4v) is 2.59. The summed E-state index contributed by atoms with van der Waals surface area (Å²) in [7, 11) is 1.65. The third kappa shape index (κ3) is 5.42. The monoisotopic (exact) mass is 354 g/mol. The van der Waals surface area contributed by atoms with E-state index in [1.165, 1.54) is 30.1 Å². The van der Waals surface area contributed by atoms with E-state index in [2.05, 4.69) is 10.0 Å². The number of benzene rings is 2. The van der Waals surface area contributed by atoms with Crippen LogP contribution in [0.2, 0.25) is 5.02 Å². The Balaban J connectivity index is 2.00. The van der Waals surface area contributed by atoms with E-state index in [-0.39, 0.29) is 10.9 Å². The topological polar surface area (TPSA) is 50.4 Å². The van der Waals surface area contributed by atoms with Crippen LogP contribution >= 0.6 is 23.5 Å². The van der Waals surface area contributed by atoms with Gasteiger partial charge in [0.15, 0.2) is 0 Å². The molecule has 2 aromatic rings. The van der Waals surface area contributed by atoms with Crippen molar-refractivity contribution < 1.29 is 13.9 Å². The second-order valence-corrected chi connectivity index (χ2v) is 5.92. The average Bonchev–Trinajstić information content (AvgIpc) is 2.55. The number of halogens is 2. The van der Waals surface area contributed by atoms with Gasteiger partial charge in [-0.15, -0.1) is 0 Å². The van der Waals surface area contributed by atoms with Crippen molar-refractivity contribution in [2.24, 2.45) is 0 Å². The Kier molecular flexibility index (Phi) is 6.70. The summed E-state index contributed by atoms with van der Waals surface area (Å²) in [6.07, 6.45) is 0. The number of methoxy groups -OCH3 is 1. The molecule has 23 heavy (non-hydrogen) atoms. The van der Waals surface area contributed by atoms with E-state index in [1.54, 1.807) is 25.3 Å². The Morgan fingerprint density at radius 3 is 2.83 bits per heavy atom. The molecule has 1 amide bonds. The van der Waals surface area contributed by atoms with E-state index < -0.39 is 5.82 Å². The quantitative estimate of drug-likeness (QED) is 0.570. The van der Waals surface area contributed by atoms with Gasteiger partial charge < -0.3 is 14.8 Å². The predicted molar refractivity (Wildman–Crippen MR) is 93.8 cm³/mol. The number of anilines is 2. The van der Waals surface area contributed by atoms with Crippen molar-refractivity contribution in [3.05, 3.63) is 58.9 Å². The molecule has 7 heteroatoms. The minimum Gasteiger partial charge on any atom is -0.384 e. The van der Waals surface area contributed by atoms with Crippen LogP contribution in [0.3, 0.4) is 0 Å². The standard InChI is InChI=1S/C16H16ClFN2O2S/c1-22-7-8-23-20-13-4-2-3-11(9-13)16(21)19-12-5-6-15(18)14(17)10-12/h2-6,9-10,20H,7-8H2,1H3,(H,19,21). The Morgan fingerprint density at radius 1 is 1.26 bits per heavy atom. The first-order valence-corrected chi connectivity index (χ1v) is 8.19. The zero-order valence-electron chi connectivity index (χ0n) is 12.4. The summed E-state index contributed by atoms with van der Waals surface area (Å²) in [5, 5.41) is 2.65. The molecule has 122 valence electrons. The lowest BCUT2D eigenvalue weighted by Gasteiger charge is -2.09. The van der Waals surface area contributed by atoms with Gasteiger partial charge in [-0.25, -0.2) is 4.39 Å². The van der Waals surface area contributed by atoms with Gasteiger partial charge in [0.1, 0.15) is 5.82 Å². The number of carbonyl (C=O) groups excluding carboxylic acids is 1. The minimum absolute atomic E-state index is 0.0345. The van der Waals surface area contributed by atoms with Crippen LogP contribution in [0.5, 0.6) is 0 Å². The SMILES string of the molecule is COCCSNc1cccc(C(=O)Nc2ccc(F)c(Cl)c2)c1. The average molecular weight is 355 g/mol. The number of rotatable bonds is 7. The van der Waals surface area contributed by atoms with Crippen LogP contribution in [-0.4, -0.2) is 25.4 Å². The Bertz CT molecular complexity index is 685. The van der Waals surface area contributed by atoms with Crippen molar-refractivity contribution in [1.29, 1.82) is 0 Å². The zero-order valence-corrected chi connectivity index (χ0v) is 14.0. The van der Waals surface area contributed by atoms with Gasteiger partial charge in [0.25, 0.3) is 5.91 Å². The number of carbonyl (C=O) groups is 1. The molecule has 0 saturated heterocycles. The van der Waals surface area contributed by atoms with Crippen molar-refractivity contribution in [3.63, 3.8) is 0 Å². The summed E-state index contributed by atoms with van der Waals surface area (Å²) in [6.45, 7) is 0.642. The van der Waals surface area contributed by atoms with Gasteiger partial charge in [0.2, 0.25) is 0 Å². The van der Waals surface area contributed by atoms with Gasteiger partial charge in [-0.3, -0.25) is 4.79 Å². The van der Waals surface area contributed by atoms with Crippen molar-refractivity contribution in [3.8, 4) is 0 Å². The first-order valence-electron chi connectivity index (χ1n) is 6.83. The van der Waals surface area contributed by atoms with Crippen LogP contribution in [-0.2, 0) is 4.74 Å². The molecule has 0 saturated carbocycles. The second-order valence-electron chi connectivity index (χ2n) is 4.61. The number of amides is 1. The smallest absolute Gasteiger partial charge is 0.255 e. The molecule has 0 aliphatic carbocycles. The van der Waals surface area contributed by atoms with Crippen LogP contribution in [0.4, 0.5) is 15.8 Å². The summed E-state index contributed by atoms with van der Waals surface area (Å²) in [4.78, 5) is 12.2. The Morgan fingerprint density at radius 2 is 2.09 bits per heavy atom. The van der Waals surface area contributed by atoms with Gasteiger partial charge in [-0.05, 0) is 36.4 Å². The Hall–Kier alpha value is -1.76. The highest BCUT2D eigenvalue weighted by Gasteiger charge is 2.08. The lowest BCUT2D eigenvalue weighted by molar-refractivity contribution is 0.102. The minimum atomic E-state index is -0.524. The third-order valence-corrected chi connectivity index (χ3v) is 3.92. The molecule has 2 N–H and O–H groups in total. The molecule has 0 bridgehead atoms. The van der Waals surface area contributed by atoms with Crippen LogP contribution in [0.15, 0.2) is 42.5 Å². The first kappa shape index (κ1) is 17.6. The van der Waals surface area contributed by atoms with Crippen molar-refractivity contribution in [2.75, 3.05) is 29.5 Å². The lowest BCUT2D eigenvalue weighted by atomic mass is 10.2. The molecule has 0 aliphatic rings. The fraction of sp³-hybridized carbons (Fsp3) is 0.188. The molecule has 0 spiro atoms. The molecule has 2 rings (SSSR count). The maximum absolute atomic E-state index is 13.1. The van der Waals surface area contributed by atoms with Gasteiger partial charge >= 0.3 is 0 Å². The molecule has 0 heterocycles. The number of hydrogen-bond acceptors (Lipinski definition) is 4. The third-order valence-electron chi connectivity index (χ3n) is 2.88. The number of hydrogen-bond donors (Lipinski definition) is 2. The molecule has 0 unspecified atom stereocenters. The van der Waals surface area contributed by atoms with Crippen LogP contribution < -0.4 is 10.0 Å². The van der Waals surface area contributed by atoms with Crippen LogP contribution in [0, 0.1) is 5.82 Å². The highest BCUT2D eigenvalue weighted by Crippen LogP contribution is 2.21. The molecule has 0 fully saturated rings. The zero-order chi connectivity index (χ0) is 16.7. The molecule has 0 aromatic heterocycles. The summed E-state index contributed by atoms with van der Waals surface area (Å²) >= 11 is 7.20. The van der Waals surface area contributed by atoms with Gasteiger partial charge in [0.05, 0.1) is 11.6 Å². The summed E-state index contributed by atoms with van der Waals surface area (Å²) < 4.78 is 21.2. The summed E-state index contributed by atoms with van der Waals surface area (Å²) in [5.41, 5.74) is 1.74. The molecule has 2 aromatic carbocycles. The Labute approximate surface area is 143 Å². The fourth-order valence-electron chi connectivity index (χ4n) is 1.76. The molecule has 0 atom stereocenters. The highest BCUT2D eigenvalue weighted by molar-refractivity contribution is 8.00. The molecule has 0 radical (unpaired) electrons. The largest absolute Gasteiger partial charge is 0.384 e. The predicted octanol–water partition coefficient (Wildman–Crippen LogP) is 4.44. The van der Waals surface area contributed by atoms with Crippen molar-refractivity contribution >= 4 is 40.8 Å². The maximum Gasteiger partial charge on any atom is 0.255 e. The van der Waals surface area contributed by atoms with Crippen LogP contribution in [0.25, 0.3) is 0 Å². The van der Waals surface area contributed by atoms with E-state index in [1.807, 2.05) is 6.07 Å². The molecular formula is C16H16ClFN2O2S. The van der Waals surface area contributed by atoms with E-state index >= 15 is 0 Å². The van der Waals surface area contributed by atoms with Crippen molar-refractivity contribution in [2.45, 2.75) is 0 Å². The van der Waals surface area contributed by atoms with Gasteiger partial charge in [-0.2, -0.15) is 0 Å². The maximum atomic E-state index is 13.1. The van der Waals surface area contributed by atoms with Crippen molar-refractivity contribution in [1.82, 2.24) is 0 Å².